The fourth-order valence-corrected chi connectivity index (χ4v) is 4.32. The second-order valence-electron chi connectivity index (χ2n) is 7.39. The maximum Gasteiger partial charge on any atom is 0.240 e. The Labute approximate surface area is 171 Å². The first kappa shape index (κ1) is 18.9. The van der Waals surface area contributed by atoms with E-state index in [9.17, 15) is 9.59 Å². The minimum absolute atomic E-state index is 0.135. The standard InChI is InChI=1S/C26H23NO2/c1-2-18-26(24(28)22-16-10-5-11-17-22)23(21-14-8-4-9-15-21)27(25(26)29)19-20-12-6-3-7-13-20/h2-17,23H,1,18-19H2/t23-,26-/m0/s1. The molecule has 0 unspecified atom stereocenters. The van der Waals surface area contributed by atoms with Crippen molar-refractivity contribution in [1.82, 2.24) is 4.90 Å². The molecule has 3 nitrogen and oxygen atoms in total. The first-order valence-electron chi connectivity index (χ1n) is 9.79. The van der Waals surface area contributed by atoms with Crippen LogP contribution in [0.25, 0.3) is 0 Å². The van der Waals surface area contributed by atoms with Gasteiger partial charge in [0.05, 0.1) is 6.04 Å². The van der Waals surface area contributed by atoms with Gasteiger partial charge < -0.3 is 4.90 Å². The molecule has 3 aromatic rings. The van der Waals surface area contributed by atoms with Gasteiger partial charge in [0, 0.05) is 12.1 Å². The van der Waals surface area contributed by atoms with E-state index in [4.69, 9.17) is 0 Å². The van der Waals surface area contributed by atoms with Crippen LogP contribution in [0.15, 0.2) is 104 Å². The Kier molecular flexibility index (Phi) is 5.13. The minimum Gasteiger partial charge on any atom is -0.329 e. The van der Waals surface area contributed by atoms with Crippen LogP contribution in [0.5, 0.6) is 0 Å². The van der Waals surface area contributed by atoms with Gasteiger partial charge in [-0.1, -0.05) is 97.1 Å². The molecule has 1 amide bonds. The van der Waals surface area contributed by atoms with Crippen molar-refractivity contribution in [3.63, 3.8) is 0 Å². The Balaban J connectivity index is 1.79. The molecule has 3 aromatic carbocycles. The summed E-state index contributed by atoms with van der Waals surface area (Å²) in [6.45, 7) is 4.32. The summed E-state index contributed by atoms with van der Waals surface area (Å²) in [7, 11) is 0. The summed E-state index contributed by atoms with van der Waals surface area (Å²) >= 11 is 0. The highest BCUT2D eigenvalue weighted by atomic mass is 16.2. The first-order chi connectivity index (χ1) is 14.2. The SMILES string of the molecule is C=CC[C@]1(C(=O)c2ccccc2)C(=O)N(Cc2ccccc2)[C@H]1c1ccccc1. The van der Waals surface area contributed by atoms with Gasteiger partial charge in [-0.25, -0.2) is 0 Å². The number of β-lactam (4-membered cyclic amide) rings is 1. The Morgan fingerprint density at radius 3 is 2.03 bits per heavy atom. The highest BCUT2D eigenvalue weighted by Gasteiger charge is 2.64. The first-order valence-corrected chi connectivity index (χ1v) is 9.79. The number of likely N-dealkylation sites (tertiary alicyclic amines) is 1. The van der Waals surface area contributed by atoms with Crippen molar-refractivity contribution in [2.75, 3.05) is 0 Å². The van der Waals surface area contributed by atoms with Crippen molar-refractivity contribution in [1.29, 1.82) is 0 Å². The van der Waals surface area contributed by atoms with Crippen LogP contribution in [0.1, 0.15) is 33.9 Å². The lowest BCUT2D eigenvalue weighted by Gasteiger charge is -2.55. The summed E-state index contributed by atoms with van der Waals surface area (Å²) in [4.78, 5) is 29.0. The molecule has 29 heavy (non-hydrogen) atoms. The normalized spacial score (nSPS) is 20.8. The van der Waals surface area contributed by atoms with Gasteiger partial charge in [-0.15, -0.1) is 6.58 Å². The number of ketones is 1. The summed E-state index contributed by atoms with van der Waals surface area (Å²) in [5.74, 6) is -0.273. The summed E-state index contributed by atoms with van der Waals surface area (Å²) in [5.41, 5.74) is 1.41. The number of nitrogens with zero attached hydrogens (tertiary/aromatic N) is 1. The molecule has 0 aromatic heterocycles. The van der Waals surface area contributed by atoms with E-state index in [1.165, 1.54) is 0 Å². The molecule has 1 saturated heterocycles. The van der Waals surface area contributed by atoms with E-state index in [2.05, 4.69) is 6.58 Å². The fourth-order valence-electron chi connectivity index (χ4n) is 4.32. The highest BCUT2D eigenvalue weighted by molar-refractivity contribution is 6.18. The number of carbonyl (C=O) groups excluding carboxylic acids is 2. The molecule has 144 valence electrons. The van der Waals surface area contributed by atoms with Crippen LogP contribution < -0.4 is 0 Å². The fraction of sp³-hybridized carbons (Fsp3) is 0.154. The Hall–Kier alpha value is -3.46. The maximum atomic E-state index is 13.6. The van der Waals surface area contributed by atoms with Crippen molar-refractivity contribution in [3.8, 4) is 0 Å². The second-order valence-corrected chi connectivity index (χ2v) is 7.39. The lowest BCUT2D eigenvalue weighted by molar-refractivity contribution is -0.167. The van der Waals surface area contributed by atoms with Crippen molar-refractivity contribution in [2.45, 2.75) is 19.0 Å². The van der Waals surface area contributed by atoms with Gasteiger partial charge in [0.25, 0.3) is 0 Å². The minimum atomic E-state index is -1.15. The van der Waals surface area contributed by atoms with Gasteiger partial charge in [-0.3, -0.25) is 9.59 Å². The topological polar surface area (TPSA) is 37.4 Å². The quantitative estimate of drug-likeness (QED) is 0.244. The van der Waals surface area contributed by atoms with Gasteiger partial charge in [0.15, 0.2) is 5.78 Å². The van der Waals surface area contributed by atoms with Gasteiger partial charge in [-0.2, -0.15) is 0 Å². The van der Waals surface area contributed by atoms with Gasteiger partial charge in [0.1, 0.15) is 5.41 Å². The van der Waals surface area contributed by atoms with Crippen LogP contribution in [-0.2, 0) is 11.3 Å². The second kappa shape index (κ2) is 7.88. The van der Waals surface area contributed by atoms with Crippen molar-refractivity contribution >= 4 is 11.7 Å². The third-order valence-corrected chi connectivity index (χ3v) is 5.64. The van der Waals surface area contributed by atoms with E-state index in [1.807, 2.05) is 83.8 Å². The predicted molar refractivity (Wildman–Crippen MR) is 114 cm³/mol. The van der Waals surface area contributed by atoms with Crippen LogP contribution >= 0.6 is 0 Å². The number of hydrogen-bond donors (Lipinski definition) is 0. The van der Waals surface area contributed by atoms with E-state index in [1.54, 1.807) is 18.2 Å². The molecule has 0 saturated carbocycles. The van der Waals surface area contributed by atoms with E-state index < -0.39 is 5.41 Å². The number of rotatable bonds is 7. The number of benzene rings is 3. The molecule has 1 aliphatic rings. The van der Waals surface area contributed by atoms with Crippen LogP contribution in [0.2, 0.25) is 0 Å². The van der Waals surface area contributed by atoms with Crippen molar-refractivity contribution < 1.29 is 9.59 Å². The third-order valence-electron chi connectivity index (χ3n) is 5.64. The van der Waals surface area contributed by atoms with E-state index >= 15 is 0 Å². The van der Waals surface area contributed by atoms with Crippen LogP contribution in [0, 0.1) is 5.41 Å². The number of hydrogen-bond acceptors (Lipinski definition) is 2. The summed E-state index contributed by atoms with van der Waals surface area (Å²) in [6, 6.07) is 28.5. The Morgan fingerprint density at radius 2 is 1.45 bits per heavy atom. The third kappa shape index (κ3) is 3.19. The average Bonchev–Trinajstić information content (AvgIpc) is 2.79. The van der Waals surface area contributed by atoms with Gasteiger partial charge >= 0.3 is 0 Å². The maximum absolute atomic E-state index is 13.6. The number of carbonyl (C=O) groups is 2. The monoisotopic (exact) mass is 381 g/mol. The molecule has 3 heteroatoms. The summed E-state index contributed by atoms with van der Waals surface area (Å²) in [6.07, 6.45) is 2.00. The van der Waals surface area contributed by atoms with E-state index in [-0.39, 0.29) is 17.7 Å². The number of amides is 1. The average molecular weight is 381 g/mol. The molecule has 0 aliphatic carbocycles. The van der Waals surface area contributed by atoms with E-state index in [0.717, 1.165) is 11.1 Å². The largest absolute Gasteiger partial charge is 0.329 e. The molecule has 4 rings (SSSR count). The number of Topliss-reactive ketones (excluding diaryl/α,β-unsaturated/α-hetero) is 1. The summed E-state index contributed by atoms with van der Waals surface area (Å²) < 4.78 is 0. The predicted octanol–water partition coefficient (Wildman–Crippen LogP) is 5.22. The molecule has 1 aliphatic heterocycles. The van der Waals surface area contributed by atoms with Crippen LogP contribution in [0.4, 0.5) is 0 Å². The summed E-state index contributed by atoms with van der Waals surface area (Å²) in [5, 5.41) is 0. The van der Waals surface area contributed by atoms with Crippen molar-refractivity contribution in [2.24, 2.45) is 5.41 Å². The molecule has 1 heterocycles. The molecule has 0 radical (unpaired) electrons. The van der Waals surface area contributed by atoms with E-state index in [0.29, 0.717) is 18.5 Å². The molecule has 2 atom stereocenters. The lowest BCUT2D eigenvalue weighted by atomic mass is 9.61. The van der Waals surface area contributed by atoms with Gasteiger partial charge in [-0.05, 0) is 17.5 Å². The zero-order chi connectivity index (χ0) is 20.3. The molecule has 0 spiro atoms. The zero-order valence-corrected chi connectivity index (χ0v) is 16.2. The zero-order valence-electron chi connectivity index (χ0n) is 16.2. The highest BCUT2D eigenvalue weighted by Crippen LogP contribution is 2.54. The molecule has 0 N–H and O–H groups in total. The molecule has 1 fully saturated rings. The van der Waals surface area contributed by atoms with Gasteiger partial charge in [0.2, 0.25) is 5.91 Å². The molecular formula is C26H23NO2. The molecular weight excluding hydrogens is 358 g/mol. The Bertz CT molecular complexity index is 1010. The smallest absolute Gasteiger partial charge is 0.240 e. The van der Waals surface area contributed by atoms with Crippen LogP contribution in [0.3, 0.4) is 0 Å². The van der Waals surface area contributed by atoms with Crippen LogP contribution in [-0.4, -0.2) is 16.6 Å². The van der Waals surface area contributed by atoms with Crippen molar-refractivity contribution in [3.05, 3.63) is 120 Å². The number of allylic oxidation sites excluding steroid dienone is 1. The lowest BCUT2D eigenvalue weighted by Crippen LogP contribution is -2.66. The molecule has 0 bridgehead atoms. The Morgan fingerprint density at radius 1 is 0.897 bits per heavy atom.